The Kier molecular flexibility index (Phi) is 5.19. The number of hydrogen-bond donors (Lipinski definition) is 4. The van der Waals surface area contributed by atoms with E-state index in [1.165, 1.54) is 0 Å². The summed E-state index contributed by atoms with van der Waals surface area (Å²) in [5.74, 6) is -1.11. The average molecular weight is 364 g/mol. The van der Waals surface area contributed by atoms with Crippen LogP contribution in [0.15, 0.2) is 48.5 Å². The quantitative estimate of drug-likeness (QED) is 0.479. The molecular formula is C17H18ClN3O4. The van der Waals surface area contributed by atoms with Crippen molar-refractivity contribution in [2.45, 2.75) is 18.2 Å². The third kappa shape index (κ3) is 3.74. The fourth-order valence-corrected chi connectivity index (χ4v) is 3.58. The third-order valence-electron chi connectivity index (χ3n) is 4.50. The Hall–Kier alpha value is -2.19. The molecule has 4 unspecified atom stereocenters. The Morgan fingerprint density at radius 3 is 2.64 bits per heavy atom. The number of aromatic hydroxyl groups is 1. The normalized spacial score (nSPS) is 24.2. The van der Waals surface area contributed by atoms with Gasteiger partial charge in [-0.3, -0.25) is 10.1 Å². The van der Waals surface area contributed by atoms with E-state index in [0.29, 0.717) is 16.1 Å². The van der Waals surface area contributed by atoms with Crippen LogP contribution in [0.2, 0.25) is 5.02 Å². The van der Waals surface area contributed by atoms with Crippen LogP contribution in [0.25, 0.3) is 0 Å². The van der Waals surface area contributed by atoms with Crippen LogP contribution in [0.1, 0.15) is 23.1 Å². The van der Waals surface area contributed by atoms with Crippen LogP contribution in [0.3, 0.4) is 0 Å². The van der Waals surface area contributed by atoms with Gasteiger partial charge in [-0.15, -0.1) is 0 Å². The minimum absolute atomic E-state index is 0.0619. The molecule has 1 fully saturated rings. The second kappa shape index (κ2) is 7.37. The molecule has 2 aromatic rings. The largest absolute Gasteiger partial charge is 0.508 e. The van der Waals surface area contributed by atoms with Crippen LogP contribution >= 0.6 is 11.6 Å². The molecule has 0 aromatic heterocycles. The Balaban J connectivity index is 2.03. The summed E-state index contributed by atoms with van der Waals surface area (Å²) in [6, 6.07) is 13.1. The number of aliphatic hydroxyl groups is 1. The van der Waals surface area contributed by atoms with E-state index >= 15 is 0 Å². The van der Waals surface area contributed by atoms with Crippen molar-refractivity contribution in [2.75, 3.05) is 6.54 Å². The third-order valence-corrected chi connectivity index (χ3v) is 4.73. The number of nitro groups is 1. The first kappa shape index (κ1) is 17.6. The van der Waals surface area contributed by atoms with Crippen LogP contribution in [0.4, 0.5) is 0 Å². The lowest BCUT2D eigenvalue weighted by atomic mass is 9.78. The highest BCUT2D eigenvalue weighted by molar-refractivity contribution is 6.30. The number of hydrazine groups is 1. The van der Waals surface area contributed by atoms with Gasteiger partial charge in [0.15, 0.2) is 0 Å². The molecule has 3 rings (SSSR count). The van der Waals surface area contributed by atoms with Crippen LogP contribution in [0, 0.1) is 16.0 Å². The van der Waals surface area contributed by atoms with Gasteiger partial charge in [-0.25, -0.2) is 10.9 Å². The van der Waals surface area contributed by atoms with Crippen molar-refractivity contribution in [3.8, 4) is 5.75 Å². The lowest BCUT2D eigenvalue weighted by Crippen LogP contribution is -2.34. The highest BCUT2D eigenvalue weighted by atomic mass is 35.5. The Morgan fingerprint density at radius 2 is 1.96 bits per heavy atom. The van der Waals surface area contributed by atoms with Crippen molar-refractivity contribution < 1.29 is 15.1 Å². The van der Waals surface area contributed by atoms with Gasteiger partial charge in [0.1, 0.15) is 12.0 Å². The highest BCUT2D eigenvalue weighted by Crippen LogP contribution is 2.41. The first-order chi connectivity index (χ1) is 12.0. The van der Waals surface area contributed by atoms with Crippen molar-refractivity contribution >= 4 is 11.6 Å². The molecule has 0 aliphatic carbocycles. The van der Waals surface area contributed by atoms with E-state index in [9.17, 15) is 20.3 Å². The Morgan fingerprint density at radius 1 is 1.20 bits per heavy atom. The summed E-state index contributed by atoms with van der Waals surface area (Å²) in [5, 5.41) is 32.3. The van der Waals surface area contributed by atoms with E-state index in [4.69, 9.17) is 11.6 Å². The molecule has 1 heterocycles. The molecule has 4 N–H and O–H groups in total. The summed E-state index contributed by atoms with van der Waals surface area (Å²) >= 11 is 6.04. The number of phenolic OH excluding ortho intramolecular Hbond substituents is 1. The van der Waals surface area contributed by atoms with E-state index in [2.05, 4.69) is 10.9 Å². The molecule has 25 heavy (non-hydrogen) atoms. The van der Waals surface area contributed by atoms with Crippen LogP contribution < -0.4 is 10.9 Å². The van der Waals surface area contributed by atoms with E-state index in [1.807, 2.05) is 0 Å². The zero-order chi connectivity index (χ0) is 18.0. The zero-order valence-electron chi connectivity index (χ0n) is 13.2. The number of rotatable bonds is 5. The molecule has 8 heteroatoms. The molecule has 1 aliphatic heterocycles. The standard InChI is InChI=1S/C17H18ClN3O4/c18-11-5-3-4-10(8-11)13(9-21(24)25)15-16(19-20-17(15)23)12-6-1-2-7-14(12)22/h1-8,13,15-17,19-20,22-23H,9H2. The van der Waals surface area contributed by atoms with Gasteiger partial charge in [0.05, 0.1) is 12.0 Å². The van der Waals surface area contributed by atoms with Gasteiger partial charge in [0, 0.05) is 21.4 Å². The predicted molar refractivity (Wildman–Crippen MR) is 92.7 cm³/mol. The molecule has 1 aliphatic rings. The van der Waals surface area contributed by atoms with Gasteiger partial charge >= 0.3 is 0 Å². The smallest absolute Gasteiger partial charge is 0.211 e. The minimum atomic E-state index is -1.02. The summed E-state index contributed by atoms with van der Waals surface area (Å²) < 4.78 is 0. The minimum Gasteiger partial charge on any atom is -0.508 e. The number of aliphatic hydroxyl groups excluding tert-OH is 1. The molecule has 0 amide bonds. The number of nitrogens with one attached hydrogen (secondary N) is 2. The van der Waals surface area contributed by atoms with Crippen molar-refractivity contribution in [1.29, 1.82) is 0 Å². The maximum absolute atomic E-state index is 11.2. The second-order valence-electron chi connectivity index (χ2n) is 6.02. The van der Waals surface area contributed by atoms with E-state index in [1.54, 1.807) is 48.5 Å². The maximum Gasteiger partial charge on any atom is 0.211 e. The molecule has 1 saturated heterocycles. The maximum atomic E-state index is 11.2. The van der Waals surface area contributed by atoms with Crippen molar-refractivity contribution in [1.82, 2.24) is 10.9 Å². The molecule has 0 spiro atoms. The van der Waals surface area contributed by atoms with Gasteiger partial charge in [0.2, 0.25) is 6.54 Å². The molecule has 0 saturated carbocycles. The molecule has 7 nitrogen and oxygen atoms in total. The summed E-state index contributed by atoms with van der Waals surface area (Å²) in [6.45, 7) is -0.366. The SMILES string of the molecule is O=[N+]([O-])CC(c1cccc(Cl)c1)C1C(O)NNC1c1ccccc1O. The number of halogens is 1. The molecule has 132 valence electrons. The summed E-state index contributed by atoms with van der Waals surface area (Å²) in [5.41, 5.74) is 6.89. The van der Waals surface area contributed by atoms with Gasteiger partial charge in [0.25, 0.3) is 0 Å². The molecule has 4 atom stereocenters. The lowest BCUT2D eigenvalue weighted by Gasteiger charge is -2.28. The van der Waals surface area contributed by atoms with Gasteiger partial charge in [-0.05, 0) is 23.8 Å². The van der Waals surface area contributed by atoms with Crippen LogP contribution in [0.5, 0.6) is 5.75 Å². The topological polar surface area (TPSA) is 108 Å². The highest BCUT2D eigenvalue weighted by Gasteiger charge is 2.44. The Labute approximate surface area is 149 Å². The van der Waals surface area contributed by atoms with Crippen molar-refractivity contribution in [2.24, 2.45) is 5.92 Å². The van der Waals surface area contributed by atoms with Gasteiger partial charge in [-0.2, -0.15) is 0 Å². The molecular weight excluding hydrogens is 346 g/mol. The number of phenols is 1. The monoisotopic (exact) mass is 363 g/mol. The number of benzene rings is 2. The van der Waals surface area contributed by atoms with Crippen LogP contribution in [-0.4, -0.2) is 27.9 Å². The van der Waals surface area contributed by atoms with Crippen molar-refractivity contribution in [3.05, 3.63) is 74.8 Å². The molecule has 0 radical (unpaired) electrons. The lowest BCUT2D eigenvalue weighted by molar-refractivity contribution is -0.485. The molecule has 2 aromatic carbocycles. The molecule has 0 bridgehead atoms. The first-order valence-electron chi connectivity index (χ1n) is 7.81. The second-order valence-corrected chi connectivity index (χ2v) is 6.46. The van der Waals surface area contributed by atoms with Gasteiger partial charge < -0.3 is 10.2 Å². The van der Waals surface area contributed by atoms with E-state index < -0.39 is 29.0 Å². The fourth-order valence-electron chi connectivity index (χ4n) is 3.39. The van der Waals surface area contributed by atoms with Gasteiger partial charge in [-0.1, -0.05) is 41.9 Å². The van der Waals surface area contributed by atoms with Crippen molar-refractivity contribution in [3.63, 3.8) is 0 Å². The Bertz CT molecular complexity index is 773. The number of nitrogens with zero attached hydrogens (tertiary/aromatic N) is 1. The number of para-hydroxylation sites is 1. The first-order valence-corrected chi connectivity index (χ1v) is 8.19. The summed E-state index contributed by atoms with van der Waals surface area (Å²) in [6.07, 6.45) is -1.02. The average Bonchev–Trinajstić information content (AvgIpc) is 2.94. The predicted octanol–water partition coefficient (Wildman–Crippen LogP) is 2.19. The number of hydrogen-bond acceptors (Lipinski definition) is 6. The summed E-state index contributed by atoms with van der Waals surface area (Å²) in [4.78, 5) is 10.8. The fraction of sp³-hybridized carbons (Fsp3) is 0.294. The van der Waals surface area contributed by atoms with Crippen LogP contribution in [-0.2, 0) is 0 Å². The summed E-state index contributed by atoms with van der Waals surface area (Å²) in [7, 11) is 0. The van der Waals surface area contributed by atoms with E-state index in [-0.39, 0.29) is 12.3 Å². The zero-order valence-corrected chi connectivity index (χ0v) is 13.9. The van der Waals surface area contributed by atoms with E-state index in [0.717, 1.165) is 0 Å².